The lowest BCUT2D eigenvalue weighted by atomic mass is 9.45. The molecule has 1 unspecified atom stereocenters. The first-order valence-electron chi connectivity index (χ1n) is 8.22. The van der Waals surface area contributed by atoms with Crippen LogP contribution in [0.4, 0.5) is 0 Å². The molecular weight excluding hydrogens is 312 g/mol. The molecule has 0 bridgehead atoms. The van der Waals surface area contributed by atoms with Crippen molar-refractivity contribution in [3.8, 4) is 24.5 Å². The van der Waals surface area contributed by atoms with Crippen molar-refractivity contribution in [3.05, 3.63) is 34.9 Å². The molecule has 0 aromatic carbocycles. The minimum absolute atomic E-state index is 0.0550. The third-order valence-corrected chi connectivity index (χ3v) is 6.19. The highest BCUT2D eigenvalue weighted by atomic mass is 16.1. The van der Waals surface area contributed by atoms with Crippen LogP contribution in [0.25, 0.3) is 0 Å². The van der Waals surface area contributed by atoms with Gasteiger partial charge < -0.3 is 0 Å². The lowest BCUT2D eigenvalue weighted by Crippen LogP contribution is -2.53. The predicted octanol–water partition coefficient (Wildman–Crippen LogP) is 3.04. The molecule has 0 heterocycles. The van der Waals surface area contributed by atoms with Gasteiger partial charge in [-0.15, -0.1) is 6.42 Å². The van der Waals surface area contributed by atoms with E-state index in [0.717, 1.165) is 5.57 Å². The lowest BCUT2D eigenvalue weighted by molar-refractivity contribution is -0.130. The molecule has 0 N–H and O–H groups in total. The standard InChI is InChI=1S/C21H18N2O2/c1-5-21-7-6-16-19(2,3)18(25)14(12-23)9-20(16,4)17(21)8-15(24)13(10-21)11-22/h1,8-10,16H,6-7H2,2-4H3/t16?,20-,21-/m1/s1. The highest BCUT2D eigenvalue weighted by Crippen LogP contribution is 2.63. The van der Waals surface area contributed by atoms with Gasteiger partial charge in [0.15, 0.2) is 11.6 Å². The van der Waals surface area contributed by atoms with Crippen molar-refractivity contribution in [2.24, 2.45) is 22.2 Å². The molecule has 0 amide bonds. The molecule has 0 aliphatic heterocycles. The summed E-state index contributed by atoms with van der Waals surface area (Å²) >= 11 is 0. The average Bonchev–Trinajstić information content (AvgIpc) is 2.58. The van der Waals surface area contributed by atoms with Crippen LogP contribution in [0.3, 0.4) is 0 Å². The second kappa shape index (κ2) is 5.05. The topological polar surface area (TPSA) is 81.7 Å². The van der Waals surface area contributed by atoms with E-state index in [1.165, 1.54) is 6.08 Å². The molecule has 0 radical (unpaired) electrons. The maximum absolute atomic E-state index is 12.7. The maximum atomic E-state index is 12.7. The van der Waals surface area contributed by atoms with Crippen LogP contribution in [0.1, 0.15) is 33.6 Å². The number of hydrogen-bond acceptors (Lipinski definition) is 4. The van der Waals surface area contributed by atoms with Crippen LogP contribution in [0.2, 0.25) is 0 Å². The van der Waals surface area contributed by atoms with Crippen molar-refractivity contribution in [2.45, 2.75) is 33.6 Å². The number of carbonyl (C=O) groups excluding carboxylic acids is 2. The van der Waals surface area contributed by atoms with Gasteiger partial charge in [0.2, 0.25) is 0 Å². The van der Waals surface area contributed by atoms with E-state index < -0.39 is 16.2 Å². The van der Waals surface area contributed by atoms with E-state index >= 15 is 0 Å². The molecule has 4 heteroatoms. The summed E-state index contributed by atoms with van der Waals surface area (Å²) in [7, 11) is 0. The minimum Gasteiger partial charge on any atom is -0.293 e. The zero-order valence-corrected chi connectivity index (χ0v) is 14.5. The van der Waals surface area contributed by atoms with Crippen LogP contribution in [-0.2, 0) is 9.59 Å². The van der Waals surface area contributed by atoms with Crippen molar-refractivity contribution in [2.75, 3.05) is 0 Å². The Labute approximate surface area is 147 Å². The Morgan fingerprint density at radius 2 is 1.76 bits per heavy atom. The van der Waals surface area contributed by atoms with Crippen molar-refractivity contribution >= 4 is 11.6 Å². The summed E-state index contributed by atoms with van der Waals surface area (Å²) in [5.74, 6) is 2.19. The third kappa shape index (κ3) is 2.00. The quantitative estimate of drug-likeness (QED) is 0.639. The van der Waals surface area contributed by atoms with E-state index in [-0.39, 0.29) is 28.6 Å². The van der Waals surface area contributed by atoms with Gasteiger partial charge in [0.1, 0.15) is 12.1 Å². The minimum atomic E-state index is -0.822. The molecule has 0 aromatic heterocycles. The van der Waals surface area contributed by atoms with E-state index in [1.54, 1.807) is 12.2 Å². The summed E-state index contributed by atoms with van der Waals surface area (Å²) in [6.07, 6.45) is 11.8. The number of terminal acetylenes is 1. The molecule has 3 aliphatic rings. The third-order valence-electron chi connectivity index (χ3n) is 6.19. The van der Waals surface area contributed by atoms with Crippen molar-refractivity contribution in [1.29, 1.82) is 10.5 Å². The molecule has 3 atom stereocenters. The fraction of sp³-hybridized carbons (Fsp3) is 0.429. The summed E-state index contributed by atoms with van der Waals surface area (Å²) in [4.78, 5) is 25.0. The van der Waals surface area contributed by atoms with Gasteiger partial charge in [-0.2, -0.15) is 10.5 Å². The highest BCUT2D eigenvalue weighted by Gasteiger charge is 2.59. The molecule has 0 saturated heterocycles. The Morgan fingerprint density at radius 3 is 2.32 bits per heavy atom. The van der Waals surface area contributed by atoms with E-state index in [2.05, 4.69) is 5.92 Å². The van der Waals surface area contributed by atoms with Crippen LogP contribution >= 0.6 is 0 Å². The highest BCUT2D eigenvalue weighted by molar-refractivity contribution is 6.09. The summed E-state index contributed by atoms with van der Waals surface area (Å²) < 4.78 is 0. The Morgan fingerprint density at radius 1 is 1.12 bits per heavy atom. The van der Waals surface area contributed by atoms with Gasteiger partial charge >= 0.3 is 0 Å². The number of Topliss-reactive ketones (excluding diaryl/α,β-unsaturated/α-hetero) is 1. The Bertz CT molecular complexity index is 926. The number of nitriles is 2. The van der Waals surface area contributed by atoms with Gasteiger partial charge in [0.25, 0.3) is 0 Å². The maximum Gasteiger partial charge on any atom is 0.196 e. The molecule has 124 valence electrons. The first-order chi connectivity index (χ1) is 11.7. The van der Waals surface area contributed by atoms with E-state index in [1.807, 2.05) is 32.9 Å². The molecule has 3 rings (SSSR count). The number of carbonyl (C=O) groups is 2. The van der Waals surface area contributed by atoms with Crippen molar-refractivity contribution < 1.29 is 9.59 Å². The van der Waals surface area contributed by atoms with E-state index in [9.17, 15) is 20.1 Å². The summed E-state index contributed by atoms with van der Waals surface area (Å²) in [6, 6.07) is 3.93. The molecule has 1 fully saturated rings. The van der Waals surface area contributed by atoms with Gasteiger partial charge in [-0.25, -0.2) is 0 Å². The van der Waals surface area contributed by atoms with Gasteiger partial charge in [0, 0.05) is 10.8 Å². The second-order valence-electron chi connectivity index (χ2n) is 7.80. The number of allylic oxidation sites excluding steroid dienone is 6. The molecule has 4 nitrogen and oxygen atoms in total. The van der Waals surface area contributed by atoms with E-state index in [0.29, 0.717) is 12.8 Å². The monoisotopic (exact) mass is 330 g/mol. The number of ketones is 2. The first-order valence-corrected chi connectivity index (χ1v) is 8.22. The van der Waals surface area contributed by atoms with Crippen molar-refractivity contribution in [1.82, 2.24) is 0 Å². The normalized spacial score (nSPS) is 35.7. The van der Waals surface area contributed by atoms with Gasteiger partial charge in [-0.3, -0.25) is 9.59 Å². The lowest BCUT2D eigenvalue weighted by Gasteiger charge is -2.56. The number of nitrogens with zero attached hydrogens (tertiary/aromatic N) is 2. The molecule has 25 heavy (non-hydrogen) atoms. The van der Waals surface area contributed by atoms with Gasteiger partial charge in [0.05, 0.1) is 16.6 Å². The van der Waals surface area contributed by atoms with Crippen LogP contribution < -0.4 is 0 Å². The molecule has 0 aromatic rings. The van der Waals surface area contributed by atoms with Crippen molar-refractivity contribution in [3.63, 3.8) is 0 Å². The van der Waals surface area contributed by atoms with Gasteiger partial charge in [-0.05, 0) is 36.5 Å². The van der Waals surface area contributed by atoms with E-state index in [4.69, 9.17) is 6.42 Å². The van der Waals surface area contributed by atoms with Gasteiger partial charge in [-0.1, -0.05) is 32.8 Å². The fourth-order valence-corrected chi connectivity index (χ4v) is 4.96. The summed E-state index contributed by atoms with van der Waals surface area (Å²) in [6.45, 7) is 5.65. The van der Waals surface area contributed by atoms with Crippen LogP contribution in [-0.4, -0.2) is 11.6 Å². The number of hydrogen-bond donors (Lipinski definition) is 0. The second-order valence-corrected chi connectivity index (χ2v) is 7.80. The Hall–Kier alpha value is -2.90. The fourth-order valence-electron chi connectivity index (χ4n) is 4.96. The molecular formula is C21H18N2O2. The molecule has 3 aliphatic carbocycles. The molecule has 0 spiro atoms. The molecule has 1 saturated carbocycles. The zero-order chi connectivity index (χ0) is 18.6. The van der Waals surface area contributed by atoms with Crippen LogP contribution in [0.5, 0.6) is 0 Å². The summed E-state index contributed by atoms with van der Waals surface area (Å²) in [5.41, 5.74) is -1.34. The average molecular weight is 330 g/mol. The predicted molar refractivity (Wildman–Crippen MR) is 91.4 cm³/mol. The number of rotatable bonds is 0. The largest absolute Gasteiger partial charge is 0.293 e. The van der Waals surface area contributed by atoms with Crippen LogP contribution in [0.15, 0.2) is 34.9 Å². The smallest absolute Gasteiger partial charge is 0.196 e. The first kappa shape index (κ1) is 16.9. The Kier molecular flexibility index (Phi) is 3.42. The Balaban J connectivity index is 2.31. The zero-order valence-electron chi connectivity index (χ0n) is 14.5. The summed E-state index contributed by atoms with van der Waals surface area (Å²) in [5, 5.41) is 18.6. The number of fused-ring (bicyclic) bond motifs is 3. The SMILES string of the molecule is C#C[C@@]12C=C(C#N)C(=O)C=C1[C@]1(C)C=C(C#N)C(=O)C(C)(C)C1CC2. The van der Waals surface area contributed by atoms with Crippen LogP contribution in [0, 0.1) is 57.2 Å².